The molecule has 0 amide bonds. The summed E-state index contributed by atoms with van der Waals surface area (Å²) in [6.45, 7) is 12.3. The number of piperazine rings is 1. The van der Waals surface area contributed by atoms with E-state index in [1.165, 1.54) is 19.4 Å². The standard InChI is InChI=1S/C13H26N2O/c1-11(2)12-9-14-6-7-15(12)13(3)5-4-8-16-10-13/h11-12,14H,4-10H2,1-3H3. The third-order valence-electron chi connectivity index (χ3n) is 4.16. The zero-order chi connectivity index (χ0) is 11.6. The van der Waals surface area contributed by atoms with Crippen LogP contribution in [0, 0.1) is 5.92 Å². The van der Waals surface area contributed by atoms with E-state index in [-0.39, 0.29) is 5.54 Å². The van der Waals surface area contributed by atoms with Crippen LogP contribution in [0.3, 0.4) is 0 Å². The third kappa shape index (κ3) is 2.41. The Labute approximate surface area is 99.5 Å². The van der Waals surface area contributed by atoms with Crippen molar-refractivity contribution >= 4 is 0 Å². The molecule has 3 heteroatoms. The first-order valence-electron chi connectivity index (χ1n) is 6.69. The highest BCUT2D eigenvalue weighted by molar-refractivity contribution is 4.95. The Kier molecular flexibility index (Phi) is 3.88. The monoisotopic (exact) mass is 226 g/mol. The molecular weight excluding hydrogens is 200 g/mol. The summed E-state index contributed by atoms with van der Waals surface area (Å²) in [4.78, 5) is 2.70. The minimum atomic E-state index is 0.273. The van der Waals surface area contributed by atoms with Crippen LogP contribution in [0.2, 0.25) is 0 Å². The van der Waals surface area contributed by atoms with Gasteiger partial charge >= 0.3 is 0 Å². The van der Waals surface area contributed by atoms with Crippen molar-refractivity contribution in [2.75, 3.05) is 32.8 Å². The van der Waals surface area contributed by atoms with E-state index >= 15 is 0 Å². The van der Waals surface area contributed by atoms with Gasteiger partial charge in [-0.2, -0.15) is 0 Å². The molecule has 0 aromatic carbocycles. The Hall–Kier alpha value is -0.120. The van der Waals surface area contributed by atoms with Crippen molar-refractivity contribution in [2.24, 2.45) is 5.92 Å². The first-order chi connectivity index (χ1) is 7.63. The largest absolute Gasteiger partial charge is 0.380 e. The van der Waals surface area contributed by atoms with Crippen LogP contribution in [0.25, 0.3) is 0 Å². The van der Waals surface area contributed by atoms with Crippen LogP contribution in [0.5, 0.6) is 0 Å². The number of hydrogen-bond acceptors (Lipinski definition) is 3. The number of nitrogens with zero attached hydrogens (tertiary/aromatic N) is 1. The summed E-state index contributed by atoms with van der Waals surface area (Å²) in [5.74, 6) is 0.714. The lowest BCUT2D eigenvalue weighted by Gasteiger charge is -2.51. The Morgan fingerprint density at radius 1 is 1.44 bits per heavy atom. The quantitative estimate of drug-likeness (QED) is 0.772. The van der Waals surface area contributed by atoms with E-state index in [4.69, 9.17) is 4.74 Å². The molecule has 0 aliphatic carbocycles. The van der Waals surface area contributed by atoms with Gasteiger partial charge in [-0.1, -0.05) is 13.8 Å². The van der Waals surface area contributed by atoms with Gasteiger partial charge in [0.15, 0.2) is 0 Å². The molecule has 1 N–H and O–H groups in total. The second kappa shape index (κ2) is 5.03. The van der Waals surface area contributed by atoms with Gasteiger partial charge in [-0.3, -0.25) is 4.90 Å². The summed E-state index contributed by atoms with van der Waals surface area (Å²) in [5, 5.41) is 3.52. The molecule has 2 saturated heterocycles. The summed E-state index contributed by atoms with van der Waals surface area (Å²) in [6.07, 6.45) is 2.50. The van der Waals surface area contributed by atoms with Crippen LogP contribution in [0.15, 0.2) is 0 Å². The Morgan fingerprint density at radius 3 is 2.88 bits per heavy atom. The molecule has 0 spiro atoms. The highest BCUT2D eigenvalue weighted by atomic mass is 16.5. The maximum Gasteiger partial charge on any atom is 0.0647 e. The molecule has 0 aromatic rings. The van der Waals surface area contributed by atoms with E-state index < -0.39 is 0 Å². The lowest BCUT2D eigenvalue weighted by molar-refractivity contribution is -0.0728. The highest BCUT2D eigenvalue weighted by Crippen LogP contribution is 2.30. The molecule has 94 valence electrons. The molecular formula is C13H26N2O. The Morgan fingerprint density at radius 2 is 2.25 bits per heavy atom. The molecule has 0 aromatic heterocycles. The smallest absolute Gasteiger partial charge is 0.0647 e. The molecule has 0 bridgehead atoms. The van der Waals surface area contributed by atoms with Gasteiger partial charge in [-0.25, -0.2) is 0 Å². The fourth-order valence-corrected chi connectivity index (χ4v) is 3.14. The fourth-order valence-electron chi connectivity index (χ4n) is 3.14. The van der Waals surface area contributed by atoms with E-state index in [9.17, 15) is 0 Å². The summed E-state index contributed by atoms with van der Waals surface area (Å²) < 4.78 is 5.70. The molecule has 2 atom stereocenters. The maximum absolute atomic E-state index is 5.70. The molecule has 2 rings (SSSR count). The van der Waals surface area contributed by atoms with Crippen molar-refractivity contribution in [3.8, 4) is 0 Å². The number of rotatable bonds is 2. The molecule has 0 saturated carbocycles. The summed E-state index contributed by atoms with van der Waals surface area (Å²) in [7, 11) is 0. The lowest BCUT2D eigenvalue weighted by atomic mass is 9.87. The van der Waals surface area contributed by atoms with Gasteiger partial charge in [0.2, 0.25) is 0 Å². The Balaban J connectivity index is 2.09. The maximum atomic E-state index is 5.70. The molecule has 2 fully saturated rings. The summed E-state index contributed by atoms with van der Waals surface area (Å²) in [6, 6.07) is 0.667. The third-order valence-corrected chi connectivity index (χ3v) is 4.16. The van der Waals surface area contributed by atoms with Crippen LogP contribution in [-0.2, 0) is 4.74 Å². The van der Waals surface area contributed by atoms with Crippen LogP contribution < -0.4 is 5.32 Å². The van der Waals surface area contributed by atoms with Crippen molar-refractivity contribution in [2.45, 2.75) is 45.2 Å². The summed E-state index contributed by atoms with van der Waals surface area (Å²) in [5.41, 5.74) is 0.273. The van der Waals surface area contributed by atoms with Crippen LogP contribution in [0.1, 0.15) is 33.6 Å². The van der Waals surface area contributed by atoms with Gasteiger partial charge in [0, 0.05) is 37.8 Å². The van der Waals surface area contributed by atoms with Gasteiger partial charge in [0.1, 0.15) is 0 Å². The second-order valence-electron chi connectivity index (χ2n) is 5.86. The van der Waals surface area contributed by atoms with Gasteiger partial charge in [0.05, 0.1) is 6.61 Å². The average molecular weight is 226 g/mol. The topological polar surface area (TPSA) is 24.5 Å². The molecule has 0 radical (unpaired) electrons. The van der Waals surface area contributed by atoms with Gasteiger partial charge in [0.25, 0.3) is 0 Å². The first kappa shape index (κ1) is 12.3. The predicted octanol–water partition coefficient (Wildman–Crippen LogP) is 1.49. The molecule has 3 nitrogen and oxygen atoms in total. The highest BCUT2D eigenvalue weighted by Gasteiger charge is 2.40. The van der Waals surface area contributed by atoms with Crippen LogP contribution in [0.4, 0.5) is 0 Å². The van der Waals surface area contributed by atoms with Crippen molar-refractivity contribution < 1.29 is 4.74 Å². The Bertz CT molecular complexity index is 224. The van der Waals surface area contributed by atoms with Gasteiger partial charge < -0.3 is 10.1 Å². The average Bonchev–Trinajstić information content (AvgIpc) is 2.30. The van der Waals surface area contributed by atoms with Crippen LogP contribution >= 0.6 is 0 Å². The number of ether oxygens (including phenoxy) is 1. The van der Waals surface area contributed by atoms with E-state index in [0.717, 1.165) is 26.3 Å². The minimum Gasteiger partial charge on any atom is -0.380 e. The van der Waals surface area contributed by atoms with Gasteiger partial charge in [-0.15, -0.1) is 0 Å². The van der Waals surface area contributed by atoms with Crippen molar-refractivity contribution in [3.05, 3.63) is 0 Å². The molecule has 2 heterocycles. The van der Waals surface area contributed by atoms with Crippen molar-refractivity contribution in [1.29, 1.82) is 0 Å². The SMILES string of the molecule is CC(C)C1CNCCN1C1(C)CCCOC1. The van der Waals surface area contributed by atoms with Crippen molar-refractivity contribution in [3.63, 3.8) is 0 Å². The molecule has 2 unspecified atom stereocenters. The van der Waals surface area contributed by atoms with Gasteiger partial charge in [-0.05, 0) is 25.7 Å². The number of hydrogen-bond donors (Lipinski definition) is 1. The normalized spacial score (nSPS) is 37.9. The summed E-state index contributed by atoms with van der Waals surface area (Å²) >= 11 is 0. The number of nitrogens with one attached hydrogen (secondary N) is 1. The predicted molar refractivity (Wildman–Crippen MR) is 66.7 cm³/mol. The van der Waals surface area contributed by atoms with E-state index in [1.54, 1.807) is 0 Å². The molecule has 2 aliphatic rings. The first-order valence-corrected chi connectivity index (χ1v) is 6.69. The molecule has 16 heavy (non-hydrogen) atoms. The zero-order valence-corrected chi connectivity index (χ0v) is 11.0. The minimum absolute atomic E-state index is 0.273. The van der Waals surface area contributed by atoms with E-state index in [1.807, 2.05) is 0 Å². The van der Waals surface area contributed by atoms with Crippen molar-refractivity contribution in [1.82, 2.24) is 10.2 Å². The fraction of sp³-hybridized carbons (Fsp3) is 1.00. The second-order valence-corrected chi connectivity index (χ2v) is 5.86. The molecule has 2 aliphatic heterocycles. The van der Waals surface area contributed by atoms with Crippen LogP contribution in [-0.4, -0.2) is 49.3 Å². The van der Waals surface area contributed by atoms with E-state index in [2.05, 4.69) is 31.0 Å². The zero-order valence-electron chi connectivity index (χ0n) is 11.0. The lowest BCUT2D eigenvalue weighted by Crippen LogP contribution is -2.64. The van der Waals surface area contributed by atoms with E-state index in [0.29, 0.717) is 12.0 Å².